The van der Waals surface area contributed by atoms with Gasteiger partial charge in [-0.05, 0) is 42.7 Å². The summed E-state index contributed by atoms with van der Waals surface area (Å²) in [6.45, 7) is 0.462. The van der Waals surface area contributed by atoms with Gasteiger partial charge in [-0.3, -0.25) is 4.79 Å². The molecule has 3 rings (SSSR count). The van der Waals surface area contributed by atoms with E-state index in [1.54, 1.807) is 4.90 Å². The minimum absolute atomic E-state index is 0.0927. The summed E-state index contributed by atoms with van der Waals surface area (Å²) in [5.74, 6) is -0.208. The highest BCUT2D eigenvalue weighted by Gasteiger charge is 2.31. The van der Waals surface area contributed by atoms with Crippen LogP contribution >= 0.6 is 11.6 Å². The van der Waals surface area contributed by atoms with E-state index in [0.29, 0.717) is 6.54 Å². The van der Waals surface area contributed by atoms with Crippen LogP contribution in [-0.4, -0.2) is 19.0 Å². The van der Waals surface area contributed by atoms with Crippen molar-refractivity contribution < 1.29 is 18.0 Å². The predicted molar refractivity (Wildman–Crippen MR) is 92.1 cm³/mol. The van der Waals surface area contributed by atoms with Crippen LogP contribution in [0.5, 0.6) is 0 Å². The number of nitrogens with zero attached hydrogens (tertiary/aromatic N) is 1. The first-order chi connectivity index (χ1) is 11.9. The SMILES string of the molecule is O=C(CNc1cc(C(F)(F)F)ccc1Cl)N1CCCc2ccccc21. The van der Waals surface area contributed by atoms with Crippen LogP contribution < -0.4 is 10.2 Å². The number of rotatable bonds is 3. The zero-order chi connectivity index (χ0) is 18.0. The van der Waals surface area contributed by atoms with Gasteiger partial charge in [-0.2, -0.15) is 13.2 Å². The smallest absolute Gasteiger partial charge is 0.375 e. The lowest BCUT2D eigenvalue weighted by Gasteiger charge is -2.29. The molecule has 132 valence electrons. The van der Waals surface area contributed by atoms with Gasteiger partial charge in [0, 0.05) is 12.2 Å². The summed E-state index contributed by atoms with van der Waals surface area (Å²) in [7, 11) is 0. The third-order valence-electron chi connectivity index (χ3n) is 4.14. The lowest BCUT2D eigenvalue weighted by Crippen LogP contribution is -2.39. The lowest BCUT2D eigenvalue weighted by molar-refractivity contribution is -0.137. The molecular formula is C18H16ClF3N2O. The fraction of sp³-hybridized carbons (Fsp3) is 0.278. The van der Waals surface area contributed by atoms with Crippen molar-refractivity contribution in [3.8, 4) is 0 Å². The van der Waals surface area contributed by atoms with E-state index in [1.165, 1.54) is 6.07 Å². The summed E-state index contributed by atoms with van der Waals surface area (Å²) in [6.07, 6.45) is -2.70. The second-order valence-electron chi connectivity index (χ2n) is 5.82. The predicted octanol–water partition coefficient (Wildman–Crippen LogP) is 4.75. The number of carbonyl (C=O) groups excluding carboxylic acids is 1. The molecule has 2 aromatic carbocycles. The molecule has 0 bridgehead atoms. The Kier molecular flexibility index (Phi) is 4.90. The average molecular weight is 369 g/mol. The Morgan fingerprint density at radius 2 is 1.96 bits per heavy atom. The molecule has 1 amide bonds. The largest absolute Gasteiger partial charge is 0.416 e. The first-order valence-corrected chi connectivity index (χ1v) is 8.23. The summed E-state index contributed by atoms with van der Waals surface area (Å²) < 4.78 is 38.4. The van der Waals surface area contributed by atoms with Crippen molar-refractivity contribution in [1.82, 2.24) is 0 Å². The molecular weight excluding hydrogens is 353 g/mol. The molecule has 0 aromatic heterocycles. The molecule has 0 radical (unpaired) electrons. The van der Waals surface area contributed by atoms with E-state index in [9.17, 15) is 18.0 Å². The van der Waals surface area contributed by atoms with Gasteiger partial charge in [0.1, 0.15) is 0 Å². The summed E-state index contributed by atoms with van der Waals surface area (Å²) >= 11 is 5.94. The lowest BCUT2D eigenvalue weighted by atomic mass is 10.0. The Labute approximate surface area is 148 Å². The minimum atomic E-state index is -4.46. The highest BCUT2D eigenvalue weighted by molar-refractivity contribution is 6.33. The van der Waals surface area contributed by atoms with Gasteiger partial charge in [0.25, 0.3) is 0 Å². The number of carbonyl (C=O) groups is 1. The normalized spacial score (nSPS) is 14.2. The Hall–Kier alpha value is -2.21. The van der Waals surface area contributed by atoms with Gasteiger partial charge in [-0.1, -0.05) is 29.8 Å². The van der Waals surface area contributed by atoms with Crippen LogP contribution in [0.1, 0.15) is 17.5 Å². The number of hydrogen-bond donors (Lipinski definition) is 1. The monoisotopic (exact) mass is 368 g/mol. The molecule has 0 aliphatic carbocycles. The zero-order valence-corrected chi connectivity index (χ0v) is 14.0. The maximum atomic E-state index is 12.8. The Balaban J connectivity index is 1.74. The van der Waals surface area contributed by atoms with E-state index < -0.39 is 11.7 Å². The maximum absolute atomic E-state index is 12.8. The van der Waals surface area contributed by atoms with Gasteiger partial charge >= 0.3 is 6.18 Å². The van der Waals surface area contributed by atoms with E-state index in [0.717, 1.165) is 36.2 Å². The fourth-order valence-corrected chi connectivity index (χ4v) is 3.08. The summed E-state index contributed by atoms with van der Waals surface area (Å²) in [4.78, 5) is 14.2. The highest BCUT2D eigenvalue weighted by atomic mass is 35.5. The van der Waals surface area contributed by atoms with Crippen LogP contribution in [0.15, 0.2) is 42.5 Å². The summed E-state index contributed by atoms with van der Waals surface area (Å²) in [6, 6.07) is 10.6. The molecule has 0 unspecified atom stereocenters. The number of para-hydroxylation sites is 1. The Bertz CT molecular complexity index is 792. The highest BCUT2D eigenvalue weighted by Crippen LogP contribution is 2.34. The second-order valence-corrected chi connectivity index (χ2v) is 6.23. The number of amides is 1. The van der Waals surface area contributed by atoms with Gasteiger partial charge in [-0.25, -0.2) is 0 Å². The Morgan fingerprint density at radius 1 is 1.20 bits per heavy atom. The van der Waals surface area contributed by atoms with Gasteiger partial charge in [0.2, 0.25) is 5.91 Å². The van der Waals surface area contributed by atoms with Crippen LogP contribution in [0.4, 0.5) is 24.5 Å². The van der Waals surface area contributed by atoms with Crippen molar-refractivity contribution in [3.63, 3.8) is 0 Å². The second kappa shape index (κ2) is 6.96. The van der Waals surface area contributed by atoms with Crippen LogP contribution in [0.25, 0.3) is 0 Å². The van der Waals surface area contributed by atoms with Gasteiger partial charge < -0.3 is 10.2 Å². The average Bonchev–Trinajstić information content (AvgIpc) is 2.59. The van der Waals surface area contributed by atoms with E-state index in [-0.39, 0.29) is 23.2 Å². The molecule has 0 saturated carbocycles. The molecule has 0 fully saturated rings. The van der Waals surface area contributed by atoms with Crippen LogP contribution in [0.3, 0.4) is 0 Å². The number of aryl methyl sites for hydroxylation is 1. The van der Waals surface area contributed by atoms with E-state index >= 15 is 0 Å². The van der Waals surface area contributed by atoms with Crippen molar-refractivity contribution in [2.75, 3.05) is 23.3 Å². The Morgan fingerprint density at radius 3 is 2.72 bits per heavy atom. The van der Waals surface area contributed by atoms with Gasteiger partial charge in [-0.15, -0.1) is 0 Å². The number of alkyl halides is 3. The molecule has 1 N–H and O–H groups in total. The van der Waals surface area contributed by atoms with Gasteiger partial charge in [0.15, 0.2) is 0 Å². The van der Waals surface area contributed by atoms with Crippen molar-refractivity contribution in [3.05, 3.63) is 58.6 Å². The number of anilines is 2. The molecule has 2 aromatic rings. The van der Waals surface area contributed by atoms with E-state index in [4.69, 9.17) is 11.6 Å². The topological polar surface area (TPSA) is 32.3 Å². The molecule has 1 aliphatic heterocycles. The van der Waals surface area contributed by atoms with Crippen molar-refractivity contribution in [1.29, 1.82) is 0 Å². The quantitative estimate of drug-likeness (QED) is 0.848. The third kappa shape index (κ3) is 3.90. The standard InChI is InChI=1S/C18H16ClF3N2O/c19-14-8-7-13(18(20,21)22)10-15(14)23-11-17(25)24-9-3-5-12-4-1-2-6-16(12)24/h1-2,4,6-8,10,23H,3,5,9,11H2. The molecule has 7 heteroatoms. The van der Waals surface area contributed by atoms with Crippen molar-refractivity contribution >= 4 is 28.9 Å². The molecule has 0 spiro atoms. The van der Waals surface area contributed by atoms with Crippen LogP contribution in [-0.2, 0) is 17.4 Å². The minimum Gasteiger partial charge on any atom is -0.375 e. The number of hydrogen-bond acceptors (Lipinski definition) is 2. The number of fused-ring (bicyclic) bond motifs is 1. The molecule has 0 saturated heterocycles. The maximum Gasteiger partial charge on any atom is 0.416 e. The fourth-order valence-electron chi connectivity index (χ4n) is 2.90. The summed E-state index contributed by atoms with van der Waals surface area (Å²) in [5, 5.41) is 2.87. The number of nitrogens with one attached hydrogen (secondary N) is 1. The molecule has 3 nitrogen and oxygen atoms in total. The van der Waals surface area contributed by atoms with E-state index in [2.05, 4.69) is 5.32 Å². The zero-order valence-electron chi connectivity index (χ0n) is 13.2. The molecule has 25 heavy (non-hydrogen) atoms. The number of benzene rings is 2. The van der Waals surface area contributed by atoms with Crippen molar-refractivity contribution in [2.24, 2.45) is 0 Å². The van der Waals surface area contributed by atoms with Crippen LogP contribution in [0.2, 0.25) is 5.02 Å². The molecule has 1 aliphatic rings. The molecule has 1 heterocycles. The summed E-state index contributed by atoms with van der Waals surface area (Å²) in [5.41, 5.74) is 1.24. The van der Waals surface area contributed by atoms with Gasteiger partial charge in [0.05, 0.1) is 22.8 Å². The van der Waals surface area contributed by atoms with Crippen LogP contribution in [0, 0.1) is 0 Å². The number of halogens is 4. The molecule has 0 atom stereocenters. The third-order valence-corrected chi connectivity index (χ3v) is 4.46. The van der Waals surface area contributed by atoms with E-state index in [1.807, 2.05) is 24.3 Å². The first kappa shape index (κ1) is 17.6. The first-order valence-electron chi connectivity index (χ1n) is 7.85. The van der Waals surface area contributed by atoms with Crippen molar-refractivity contribution in [2.45, 2.75) is 19.0 Å².